The molecule has 78 valence electrons. The van der Waals surface area contributed by atoms with Gasteiger partial charge in [-0.1, -0.05) is 6.07 Å². The van der Waals surface area contributed by atoms with E-state index in [-0.39, 0.29) is 6.04 Å². The van der Waals surface area contributed by atoms with Crippen LogP contribution in [-0.4, -0.2) is 12.6 Å². The number of hydrogen-bond acceptors (Lipinski definition) is 3. The molecular formula is C12H15N3. The fraction of sp³-hybridized carbons (Fsp3) is 0.417. The van der Waals surface area contributed by atoms with E-state index in [4.69, 9.17) is 11.0 Å². The van der Waals surface area contributed by atoms with Crippen molar-refractivity contribution in [3.63, 3.8) is 0 Å². The summed E-state index contributed by atoms with van der Waals surface area (Å²) in [4.78, 5) is 0. The molecule has 3 heteroatoms. The summed E-state index contributed by atoms with van der Waals surface area (Å²) in [5.74, 6) is 0. The summed E-state index contributed by atoms with van der Waals surface area (Å²) >= 11 is 0. The third kappa shape index (κ3) is 1.95. The van der Waals surface area contributed by atoms with Gasteiger partial charge in [0.15, 0.2) is 0 Å². The molecule has 15 heavy (non-hydrogen) atoms. The third-order valence-corrected chi connectivity index (χ3v) is 2.65. The maximum atomic E-state index is 9.04. The normalized spacial score (nSPS) is 15.3. The van der Waals surface area contributed by atoms with Crippen LogP contribution in [0.25, 0.3) is 0 Å². The number of nitrogens with zero attached hydrogens (tertiary/aromatic N) is 1. The van der Waals surface area contributed by atoms with E-state index >= 15 is 0 Å². The first-order valence-corrected chi connectivity index (χ1v) is 5.26. The van der Waals surface area contributed by atoms with Crippen molar-refractivity contribution in [2.45, 2.75) is 25.8 Å². The summed E-state index contributed by atoms with van der Waals surface area (Å²) in [5, 5.41) is 12.3. The van der Waals surface area contributed by atoms with E-state index in [1.54, 1.807) is 0 Å². The molecule has 3 N–H and O–H groups in total. The number of fused-ring (bicyclic) bond motifs is 1. The van der Waals surface area contributed by atoms with Gasteiger partial charge < -0.3 is 11.1 Å². The number of hydrogen-bond donors (Lipinski definition) is 2. The standard InChI is InChI=1S/C12H15N3/c1-8(14)4-9-5-10-2-3-15-12(10)11(6-9)7-13/h5-6,8,15H,2-4,14H2,1H3/t8-/m1/s1. The van der Waals surface area contributed by atoms with Crippen molar-refractivity contribution < 1.29 is 0 Å². The summed E-state index contributed by atoms with van der Waals surface area (Å²) in [5.41, 5.74) is 9.96. The average molecular weight is 201 g/mol. The van der Waals surface area contributed by atoms with Crippen LogP contribution in [0.5, 0.6) is 0 Å². The second-order valence-corrected chi connectivity index (χ2v) is 4.15. The summed E-state index contributed by atoms with van der Waals surface area (Å²) in [6.07, 6.45) is 1.85. The quantitative estimate of drug-likeness (QED) is 0.760. The van der Waals surface area contributed by atoms with Crippen LogP contribution in [0.1, 0.15) is 23.6 Å². The highest BCUT2D eigenvalue weighted by Crippen LogP contribution is 2.28. The lowest BCUT2D eigenvalue weighted by molar-refractivity contribution is 0.737. The fourth-order valence-electron chi connectivity index (χ4n) is 2.07. The van der Waals surface area contributed by atoms with E-state index in [9.17, 15) is 0 Å². The highest BCUT2D eigenvalue weighted by molar-refractivity contribution is 5.66. The van der Waals surface area contributed by atoms with Crippen molar-refractivity contribution in [2.24, 2.45) is 5.73 Å². The van der Waals surface area contributed by atoms with Gasteiger partial charge in [-0.3, -0.25) is 0 Å². The van der Waals surface area contributed by atoms with Gasteiger partial charge in [0.1, 0.15) is 6.07 Å². The molecule has 0 aliphatic carbocycles. The molecule has 3 nitrogen and oxygen atoms in total. The smallest absolute Gasteiger partial charge is 0.101 e. The molecule has 0 radical (unpaired) electrons. The summed E-state index contributed by atoms with van der Waals surface area (Å²) in [6.45, 7) is 2.92. The van der Waals surface area contributed by atoms with Gasteiger partial charge >= 0.3 is 0 Å². The van der Waals surface area contributed by atoms with Crippen LogP contribution in [0.4, 0.5) is 5.69 Å². The zero-order valence-electron chi connectivity index (χ0n) is 8.88. The van der Waals surface area contributed by atoms with E-state index in [1.165, 1.54) is 11.1 Å². The van der Waals surface area contributed by atoms with Crippen LogP contribution in [-0.2, 0) is 12.8 Å². The molecule has 1 aromatic rings. The lowest BCUT2D eigenvalue weighted by Crippen LogP contribution is -2.17. The van der Waals surface area contributed by atoms with Gasteiger partial charge in [-0.15, -0.1) is 0 Å². The van der Waals surface area contributed by atoms with Crippen molar-refractivity contribution in [1.29, 1.82) is 5.26 Å². The van der Waals surface area contributed by atoms with Crippen LogP contribution < -0.4 is 11.1 Å². The van der Waals surface area contributed by atoms with Gasteiger partial charge in [-0.05, 0) is 37.0 Å². The van der Waals surface area contributed by atoms with E-state index in [0.717, 1.165) is 30.6 Å². The molecule has 1 aliphatic heterocycles. The van der Waals surface area contributed by atoms with Crippen LogP contribution in [0, 0.1) is 11.3 Å². The molecule has 0 spiro atoms. The Bertz CT molecular complexity index is 416. The molecule has 0 saturated carbocycles. The van der Waals surface area contributed by atoms with Crippen LogP contribution >= 0.6 is 0 Å². The first-order chi connectivity index (χ1) is 7.20. The van der Waals surface area contributed by atoms with Gasteiger partial charge in [0.2, 0.25) is 0 Å². The number of anilines is 1. The van der Waals surface area contributed by atoms with Gasteiger partial charge in [-0.25, -0.2) is 0 Å². The Labute approximate surface area is 89.9 Å². The number of nitriles is 1. The molecule has 0 saturated heterocycles. The van der Waals surface area contributed by atoms with E-state index in [1.807, 2.05) is 13.0 Å². The highest BCUT2D eigenvalue weighted by Gasteiger charge is 2.15. The Kier molecular flexibility index (Phi) is 2.61. The second kappa shape index (κ2) is 3.92. The van der Waals surface area contributed by atoms with Gasteiger partial charge in [-0.2, -0.15) is 5.26 Å². The monoisotopic (exact) mass is 201 g/mol. The van der Waals surface area contributed by atoms with Crippen LogP contribution in [0.2, 0.25) is 0 Å². The molecule has 1 atom stereocenters. The van der Waals surface area contributed by atoms with E-state index < -0.39 is 0 Å². The minimum atomic E-state index is 0.143. The zero-order valence-corrected chi connectivity index (χ0v) is 8.88. The molecule has 0 aromatic heterocycles. The minimum Gasteiger partial charge on any atom is -0.383 e. The average Bonchev–Trinajstić information content (AvgIpc) is 2.63. The number of benzene rings is 1. The van der Waals surface area contributed by atoms with Crippen molar-refractivity contribution in [3.8, 4) is 6.07 Å². The van der Waals surface area contributed by atoms with Gasteiger partial charge in [0, 0.05) is 12.6 Å². The van der Waals surface area contributed by atoms with Gasteiger partial charge in [0.25, 0.3) is 0 Å². The second-order valence-electron chi connectivity index (χ2n) is 4.15. The molecule has 0 fully saturated rings. The topological polar surface area (TPSA) is 61.8 Å². The van der Waals surface area contributed by atoms with Crippen molar-refractivity contribution in [2.75, 3.05) is 11.9 Å². The van der Waals surface area contributed by atoms with Crippen molar-refractivity contribution in [1.82, 2.24) is 0 Å². The molecule has 1 heterocycles. The minimum absolute atomic E-state index is 0.143. The fourth-order valence-corrected chi connectivity index (χ4v) is 2.07. The summed E-state index contributed by atoms with van der Waals surface area (Å²) < 4.78 is 0. The largest absolute Gasteiger partial charge is 0.383 e. The molecule has 1 aromatic carbocycles. The SMILES string of the molecule is C[C@@H](N)Cc1cc(C#N)c2c(c1)CCN2. The Morgan fingerprint density at radius 2 is 2.40 bits per heavy atom. The lowest BCUT2D eigenvalue weighted by Gasteiger charge is -2.09. The first kappa shape index (κ1) is 10.0. The molecule has 0 unspecified atom stereocenters. The maximum Gasteiger partial charge on any atom is 0.101 e. The maximum absolute atomic E-state index is 9.04. The summed E-state index contributed by atoms with van der Waals surface area (Å²) in [7, 11) is 0. The Hall–Kier alpha value is -1.53. The molecule has 2 rings (SSSR count). The molecular weight excluding hydrogens is 186 g/mol. The number of nitrogens with two attached hydrogens (primary N) is 1. The Balaban J connectivity index is 2.40. The van der Waals surface area contributed by atoms with E-state index in [2.05, 4.69) is 17.5 Å². The lowest BCUT2D eigenvalue weighted by atomic mass is 9.99. The predicted octanol–water partition coefficient (Wildman–Crippen LogP) is 1.42. The molecule has 0 bridgehead atoms. The third-order valence-electron chi connectivity index (χ3n) is 2.65. The number of rotatable bonds is 2. The Morgan fingerprint density at radius 1 is 1.60 bits per heavy atom. The van der Waals surface area contributed by atoms with Crippen molar-refractivity contribution in [3.05, 3.63) is 28.8 Å². The van der Waals surface area contributed by atoms with Crippen LogP contribution in [0.15, 0.2) is 12.1 Å². The van der Waals surface area contributed by atoms with Gasteiger partial charge in [0.05, 0.1) is 11.3 Å². The van der Waals surface area contributed by atoms with Crippen molar-refractivity contribution >= 4 is 5.69 Å². The zero-order chi connectivity index (χ0) is 10.8. The summed E-state index contributed by atoms with van der Waals surface area (Å²) in [6, 6.07) is 6.49. The molecule has 0 amide bonds. The highest BCUT2D eigenvalue weighted by atomic mass is 14.9. The first-order valence-electron chi connectivity index (χ1n) is 5.26. The molecule has 1 aliphatic rings. The Morgan fingerprint density at radius 3 is 3.07 bits per heavy atom. The van der Waals surface area contributed by atoms with Crippen LogP contribution in [0.3, 0.4) is 0 Å². The van der Waals surface area contributed by atoms with E-state index in [0.29, 0.717) is 0 Å². The predicted molar refractivity (Wildman–Crippen MR) is 60.7 cm³/mol. The number of nitrogens with one attached hydrogen (secondary N) is 1.